The fraction of sp³-hybridized carbons (Fsp3) is 0.0566. The van der Waals surface area contributed by atoms with Crippen molar-refractivity contribution in [2.24, 2.45) is 0 Å². The molecule has 0 saturated heterocycles. The number of benzene rings is 7. The molecule has 0 aliphatic carbocycles. The Labute approximate surface area is 409 Å². The summed E-state index contributed by atoms with van der Waals surface area (Å²) in [7, 11) is 1.63. The van der Waals surface area contributed by atoms with Gasteiger partial charge in [-0.05, 0) is 65.7 Å². The zero-order valence-electron chi connectivity index (χ0n) is 36.2. The molecular weight excluding hydrogens is 924 g/mol. The second-order valence-electron chi connectivity index (χ2n) is 15.0. The Morgan fingerprint density at radius 3 is 1.74 bits per heavy atom. The van der Waals surface area contributed by atoms with E-state index in [1.165, 1.54) is 27.4 Å². The molecule has 11 aromatic rings. The number of aromatic nitrogens is 8. The van der Waals surface area contributed by atoms with Crippen LogP contribution in [0.1, 0.15) is 13.0 Å². The number of rotatable bonds is 9. The largest absolute Gasteiger partial charge is 0.497 e. The number of nitrogen functional groups attached to an aromatic ring is 1. The van der Waals surface area contributed by atoms with Crippen LogP contribution >= 0.6 is 34.3 Å². The maximum atomic E-state index is 12.9. The second kappa shape index (κ2) is 22.0. The van der Waals surface area contributed by atoms with E-state index in [0.29, 0.717) is 27.5 Å². The van der Waals surface area contributed by atoms with Gasteiger partial charge in [-0.3, -0.25) is 9.59 Å². The number of nitrogens with zero attached hydrogens (tertiary/aromatic N) is 7. The van der Waals surface area contributed by atoms with Crippen LogP contribution in [0.15, 0.2) is 192 Å². The second-order valence-corrected chi connectivity index (χ2v) is 17.5. The minimum absolute atomic E-state index is 0. The van der Waals surface area contributed by atoms with Gasteiger partial charge in [-0.25, -0.2) is 9.78 Å². The molecule has 342 valence electrons. The van der Waals surface area contributed by atoms with Gasteiger partial charge in [0.15, 0.2) is 0 Å². The molecule has 0 aliphatic heterocycles. The summed E-state index contributed by atoms with van der Waals surface area (Å²) in [5.41, 5.74) is 13.5. The molecule has 0 unspecified atom stereocenters. The van der Waals surface area contributed by atoms with Gasteiger partial charge in [0.1, 0.15) is 15.8 Å². The lowest BCUT2D eigenvalue weighted by molar-refractivity contribution is 0.414. The lowest BCUT2D eigenvalue weighted by Gasteiger charge is -2.12. The Balaban J connectivity index is 0.000000149. The summed E-state index contributed by atoms with van der Waals surface area (Å²) >= 11 is 8.54. The predicted molar refractivity (Wildman–Crippen MR) is 281 cm³/mol. The number of ether oxygens (including phenoxy) is 1. The third-order valence-corrected chi connectivity index (χ3v) is 12.5. The number of H-pyrrole nitrogens is 1. The van der Waals surface area contributed by atoms with Crippen molar-refractivity contribution in [2.45, 2.75) is 14.0 Å². The molecule has 0 aliphatic rings. The summed E-state index contributed by atoms with van der Waals surface area (Å²) in [4.78, 5) is 24.9. The third-order valence-electron chi connectivity index (χ3n) is 10.5. The fourth-order valence-electron chi connectivity index (χ4n) is 7.14. The van der Waals surface area contributed by atoms with Crippen LogP contribution in [0, 0.1) is 0 Å². The summed E-state index contributed by atoms with van der Waals surface area (Å²) in [6, 6.07) is 57.8. The molecule has 0 spiro atoms. The molecule has 0 fully saturated rings. The highest BCUT2D eigenvalue weighted by atomic mass is 35.5. The van der Waals surface area contributed by atoms with Crippen molar-refractivity contribution in [3.05, 3.63) is 213 Å². The SMILES string of the molecule is C.COc1ccc(Cn2nc(-c3ccc(N)cc3)c3ccccc3c2=O)cc1.Clc1nnc(-c2ccccc2)s1.O=c1[nH]nc(-c2ccc(Nc3nnc(-c4ccccc4)s3)cc2)c2ccccc12. The van der Waals surface area contributed by atoms with Crippen LogP contribution in [-0.4, -0.2) is 47.5 Å². The first-order chi connectivity index (χ1) is 33.3. The van der Waals surface area contributed by atoms with E-state index in [0.717, 1.165) is 76.6 Å². The van der Waals surface area contributed by atoms with Gasteiger partial charge >= 0.3 is 0 Å². The summed E-state index contributed by atoms with van der Waals surface area (Å²) < 4.78 is 7.18. The molecule has 4 N–H and O–H groups in total. The Hall–Kier alpha value is -8.37. The zero-order valence-corrected chi connectivity index (χ0v) is 38.5. The first kappa shape index (κ1) is 47.1. The van der Waals surface area contributed by atoms with E-state index in [4.69, 9.17) is 22.1 Å². The molecule has 13 nitrogen and oxygen atoms in total. The van der Waals surface area contributed by atoms with Crippen LogP contribution in [0.2, 0.25) is 4.47 Å². The van der Waals surface area contributed by atoms with E-state index in [1.54, 1.807) is 13.2 Å². The van der Waals surface area contributed by atoms with Gasteiger partial charge in [-0.1, -0.05) is 164 Å². The highest BCUT2D eigenvalue weighted by Crippen LogP contribution is 2.31. The summed E-state index contributed by atoms with van der Waals surface area (Å²) in [5, 5.41) is 36.3. The number of halogens is 1. The minimum atomic E-state index is -0.187. The molecule has 69 heavy (non-hydrogen) atoms. The minimum Gasteiger partial charge on any atom is -0.497 e. The van der Waals surface area contributed by atoms with Gasteiger partial charge in [0.2, 0.25) is 9.60 Å². The van der Waals surface area contributed by atoms with E-state index in [2.05, 4.69) is 41.0 Å². The average Bonchev–Trinajstić information content (AvgIpc) is 4.06. The van der Waals surface area contributed by atoms with Crippen molar-refractivity contribution in [1.29, 1.82) is 0 Å². The smallest absolute Gasteiger partial charge is 0.274 e. The molecule has 7 aromatic carbocycles. The highest BCUT2D eigenvalue weighted by Gasteiger charge is 2.14. The lowest BCUT2D eigenvalue weighted by Crippen LogP contribution is -2.24. The predicted octanol–water partition coefficient (Wildman–Crippen LogP) is 12.0. The number of aromatic amines is 1. The van der Waals surface area contributed by atoms with E-state index in [9.17, 15) is 9.59 Å². The van der Waals surface area contributed by atoms with Crippen LogP contribution in [0.4, 0.5) is 16.5 Å². The lowest BCUT2D eigenvalue weighted by atomic mass is 10.0. The number of hydrogen-bond acceptors (Lipinski definition) is 13. The molecular formula is C53H43ClN10O3S2. The van der Waals surface area contributed by atoms with Crippen molar-refractivity contribution in [3.8, 4) is 49.4 Å². The standard InChI is InChI=1S/C22H15N5OS.C22H19N3O2.C8H5ClN2S.CH4/c28-20-18-9-5-4-8-17(18)19(24-25-20)14-10-12-16(13-11-14)23-22-27-26-21(29-22)15-6-2-1-3-7-15;1-27-18-12-6-15(7-13-18)14-25-22(26)20-5-3-2-4-19(20)21(24-25)16-8-10-17(23)11-9-16;9-8-11-10-7(12-8)6-4-2-1-3-5-6;/h1-13H,(H,23,27)(H,25,28);2-13H,14,23H2,1H3;1-5H;1H4. The maximum Gasteiger partial charge on any atom is 0.274 e. The van der Waals surface area contributed by atoms with Crippen molar-refractivity contribution in [2.75, 3.05) is 18.2 Å². The molecule has 0 atom stereocenters. The average molecular weight is 968 g/mol. The van der Waals surface area contributed by atoms with Gasteiger partial charge in [-0.2, -0.15) is 10.2 Å². The molecule has 0 radical (unpaired) electrons. The molecule has 11 rings (SSSR count). The molecule has 0 amide bonds. The number of nitrogens with one attached hydrogen (secondary N) is 2. The Bertz CT molecular complexity index is 3570. The molecule has 4 heterocycles. The van der Waals surface area contributed by atoms with Gasteiger partial charge < -0.3 is 15.8 Å². The molecule has 4 aromatic heterocycles. The topological polar surface area (TPSA) is 179 Å². The quantitative estimate of drug-likeness (QED) is 0.117. The van der Waals surface area contributed by atoms with Crippen LogP contribution < -0.4 is 26.9 Å². The Morgan fingerprint density at radius 2 is 1.13 bits per heavy atom. The Kier molecular flexibility index (Phi) is 15.0. The normalized spacial score (nSPS) is 10.6. The third kappa shape index (κ3) is 11.3. The number of fused-ring (bicyclic) bond motifs is 2. The van der Waals surface area contributed by atoms with Crippen LogP contribution in [-0.2, 0) is 6.54 Å². The van der Waals surface area contributed by atoms with Crippen molar-refractivity contribution in [3.63, 3.8) is 0 Å². The van der Waals surface area contributed by atoms with E-state index in [-0.39, 0.29) is 18.5 Å². The first-order valence-corrected chi connectivity index (χ1v) is 23.1. The summed E-state index contributed by atoms with van der Waals surface area (Å²) in [6.07, 6.45) is 0. The number of nitrogens with two attached hydrogens (primary N) is 1. The fourth-order valence-corrected chi connectivity index (χ4v) is 8.75. The van der Waals surface area contributed by atoms with Crippen LogP contribution in [0.25, 0.3) is 65.2 Å². The zero-order chi connectivity index (χ0) is 46.8. The van der Waals surface area contributed by atoms with Crippen molar-refractivity contribution >= 4 is 72.3 Å². The Morgan fingerprint density at radius 1 is 0.594 bits per heavy atom. The maximum absolute atomic E-state index is 12.9. The summed E-state index contributed by atoms with van der Waals surface area (Å²) in [6.45, 7) is 0.385. The van der Waals surface area contributed by atoms with Crippen LogP contribution in [0.3, 0.4) is 0 Å². The van der Waals surface area contributed by atoms with Gasteiger partial charge in [0.05, 0.1) is 35.8 Å². The van der Waals surface area contributed by atoms with Gasteiger partial charge in [0, 0.05) is 44.4 Å². The van der Waals surface area contributed by atoms with Crippen molar-refractivity contribution < 1.29 is 4.74 Å². The summed E-state index contributed by atoms with van der Waals surface area (Å²) in [5.74, 6) is 0.778. The van der Waals surface area contributed by atoms with Gasteiger partial charge in [0.25, 0.3) is 11.1 Å². The van der Waals surface area contributed by atoms with E-state index in [1.807, 2.05) is 176 Å². The number of hydrogen-bond donors (Lipinski definition) is 3. The van der Waals surface area contributed by atoms with E-state index < -0.39 is 0 Å². The molecule has 16 heteroatoms. The molecule has 0 saturated carbocycles. The number of anilines is 3. The monoisotopic (exact) mass is 966 g/mol. The van der Waals surface area contributed by atoms with E-state index >= 15 is 0 Å². The number of methoxy groups -OCH3 is 1. The highest BCUT2D eigenvalue weighted by molar-refractivity contribution is 7.18. The molecule has 0 bridgehead atoms. The van der Waals surface area contributed by atoms with Crippen LogP contribution in [0.5, 0.6) is 5.75 Å². The van der Waals surface area contributed by atoms with Gasteiger partial charge in [-0.15, -0.1) is 20.4 Å². The first-order valence-electron chi connectivity index (χ1n) is 21.1. The van der Waals surface area contributed by atoms with Crippen molar-refractivity contribution in [1.82, 2.24) is 40.4 Å².